The van der Waals surface area contributed by atoms with E-state index in [2.05, 4.69) is 0 Å². The summed E-state index contributed by atoms with van der Waals surface area (Å²) in [7, 11) is 0. The second-order valence-corrected chi connectivity index (χ2v) is 2.15. The molecule has 0 saturated heterocycles. The van der Waals surface area contributed by atoms with Gasteiger partial charge in [0, 0.05) is 11.8 Å². The van der Waals surface area contributed by atoms with Crippen molar-refractivity contribution in [3.63, 3.8) is 0 Å². The lowest BCUT2D eigenvalue weighted by atomic mass is 10.1. The molecule has 0 aliphatic carbocycles. The van der Waals surface area contributed by atoms with Crippen LogP contribution in [-0.4, -0.2) is 11.3 Å². The zero-order valence-corrected chi connectivity index (χ0v) is 5.76. The Hall–Kier alpha value is -1.31. The highest BCUT2D eigenvalue weighted by molar-refractivity contribution is 5.82. The molecule has 1 aromatic carbocycles. The van der Waals surface area contributed by atoms with Crippen LogP contribution in [0, 0.1) is 12.3 Å². The summed E-state index contributed by atoms with van der Waals surface area (Å²) in [4.78, 5) is 0. The molecule has 52 valence electrons. The first-order valence-corrected chi connectivity index (χ1v) is 3.04. The Labute approximate surface area is 59.6 Å². The Bertz CT molecular complexity index is 235. The van der Waals surface area contributed by atoms with Gasteiger partial charge in [0.05, 0.1) is 0 Å². The standard InChI is InChI=1S/C8H9NO/c1-6-3-2-4-8(10)7(6)5-9/h2-5,9-10H,1H3. The van der Waals surface area contributed by atoms with Crippen molar-refractivity contribution in [3.8, 4) is 5.75 Å². The van der Waals surface area contributed by atoms with Crippen LogP contribution in [0.1, 0.15) is 11.1 Å². The SMILES string of the molecule is Cc1cccc(O)c1C=N. The molecule has 2 nitrogen and oxygen atoms in total. The minimum atomic E-state index is 0.176. The normalized spacial score (nSPS) is 9.30. The zero-order valence-electron chi connectivity index (χ0n) is 5.76. The van der Waals surface area contributed by atoms with Gasteiger partial charge in [-0.3, -0.25) is 0 Å². The van der Waals surface area contributed by atoms with Crippen molar-refractivity contribution < 1.29 is 5.11 Å². The number of aryl methyl sites for hydroxylation is 1. The van der Waals surface area contributed by atoms with E-state index in [1.54, 1.807) is 12.1 Å². The van der Waals surface area contributed by atoms with E-state index in [9.17, 15) is 0 Å². The van der Waals surface area contributed by atoms with E-state index in [0.717, 1.165) is 11.8 Å². The molecular weight excluding hydrogens is 126 g/mol. The minimum Gasteiger partial charge on any atom is -0.507 e. The molecule has 0 unspecified atom stereocenters. The molecule has 10 heavy (non-hydrogen) atoms. The van der Waals surface area contributed by atoms with E-state index in [1.807, 2.05) is 13.0 Å². The second kappa shape index (κ2) is 2.52. The molecule has 0 radical (unpaired) electrons. The molecular formula is C8H9NO. The van der Waals surface area contributed by atoms with Gasteiger partial charge in [-0.2, -0.15) is 0 Å². The van der Waals surface area contributed by atoms with Crippen molar-refractivity contribution in [2.75, 3.05) is 0 Å². The molecule has 0 aromatic heterocycles. The highest BCUT2D eigenvalue weighted by Gasteiger charge is 1.98. The fourth-order valence-electron chi connectivity index (χ4n) is 0.853. The fraction of sp³-hybridized carbons (Fsp3) is 0.125. The van der Waals surface area contributed by atoms with E-state index in [-0.39, 0.29) is 5.75 Å². The number of phenolic OH excluding ortho intramolecular Hbond substituents is 1. The highest BCUT2D eigenvalue weighted by Crippen LogP contribution is 2.17. The predicted octanol–water partition coefficient (Wildman–Crippen LogP) is 1.70. The Morgan fingerprint density at radius 3 is 2.60 bits per heavy atom. The second-order valence-electron chi connectivity index (χ2n) is 2.15. The summed E-state index contributed by atoms with van der Waals surface area (Å²) >= 11 is 0. The molecule has 0 aliphatic rings. The summed E-state index contributed by atoms with van der Waals surface area (Å²) in [5.41, 5.74) is 1.53. The van der Waals surface area contributed by atoms with Crippen LogP contribution in [-0.2, 0) is 0 Å². The minimum absolute atomic E-state index is 0.176. The smallest absolute Gasteiger partial charge is 0.124 e. The van der Waals surface area contributed by atoms with Crippen LogP contribution < -0.4 is 0 Å². The predicted molar refractivity (Wildman–Crippen MR) is 40.7 cm³/mol. The van der Waals surface area contributed by atoms with Gasteiger partial charge >= 0.3 is 0 Å². The van der Waals surface area contributed by atoms with Gasteiger partial charge in [0.1, 0.15) is 5.75 Å². The molecule has 0 atom stereocenters. The number of benzene rings is 1. The Kier molecular flexibility index (Phi) is 1.71. The van der Waals surface area contributed by atoms with Crippen LogP contribution in [0.4, 0.5) is 0 Å². The van der Waals surface area contributed by atoms with Crippen molar-refractivity contribution >= 4 is 6.21 Å². The van der Waals surface area contributed by atoms with Crippen molar-refractivity contribution in [2.45, 2.75) is 6.92 Å². The average molecular weight is 135 g/mol. The molecule has 2 N–H and O–H groups in total. The topological polar surface area (TPSA) is 44.1 Å². The van der Waals surface area contributed by atoms with Gasteiger partial charge in [-0.25, -0.2) is 0 Å². The van der Waals surface area contributed by atoms with E-state index < -0.39 is 0 Å². The molecule has 2 heteroatoms. The quantitative estimate of drug-likeness (QED) is 0.565. The number of nitrogens with one attached hydrogen (secondary N) is 1. The maximum absolute atomic E-state index is 9.14. The number of phenols is 1. The summed E-state index contributed by atoms with van der Waals surface area (Å²) < 4.78 is 0. The van der Waals surface area contributed by atoms with Crippen molar-refractivity contribution in [2.24, 2.45) is 0 Å². The Balaban J connectivity index is 3.30. The molecule has 1 aromatic rings. The molecule has 1 rings (SSSR count). The fourth-order valence-corrected chi connectivity index (χ4v) is 0.853. The van der Waals surface area contributed by atoms with Crippen molar-refractivity contribution in [3.05, 3.63) is 29.3 Å². The summed E-state index contributed by atoms with van der Waals surface area (Å²) in [5.74, 6) is 0.176. The van der Waals surface area contributed by atoms with Crippen LogP contribution >= 0.6 is 0 Å². The maximum Gasteiger partial charge on any atom is 0.124 e. The monoisotopic (exact) mass is 135 g/mol. The van der Waals surface area contributed by atoms with E-state index in [4.69, 9.17) is 10.5 Å². The number of aromatic hydroxyl groups is 1. The highest BCUT2D eigenvalue weighted by atomic mass is 16.3. The maximum atomic E-state index is 9.14. The summed E-state index contributed by atoms with van der Waals surface area (Å²) in [6, 6.07) is 5.20. The summed E-state index contributed by atoms with van der Waals surface area (Å²) in [6.07, 6.45) is 1.16. The number of rotatable bonds is 1. The van der Waals surface area contributed by atoms with E-state index in [0.29, 0.717) is 5.56 Å². The summed E-state index contributed by atoms with van der Waals surface area (Å²) in [6.45, 7) is 1.86. The van der Waals surface area contributed by atoms with Crippen LogP contribution in [0.5, 0.6) is 5.75 Å². The van der Waals surface area contributed by atoms with Gasteiger partial charge in [-0.05, 0) is 18.6 Å². The third kappa shape index (κ3) is 1.00. The van der Waals surface area contributed by atoms with Gasteiger partial charge in [-0.15, -0.1) is 0 Å². The first-order valence-electron chi connectivity index (χ1n) is 3.04. The van der Waals surface area contributed by atoms with Crippen molar-refractivity contribution in [1.82, 2.24) is 0 Å². The van der Waals surface area contributed by atoms with Gasteiger partial charge in [0.2, 0.25) is 0 Å². The molecule has 0 bridgehead atoms. The van der Waals surface area contributed by atoms with Gasteiger partial charge < -0.3 is 10.5 Å². The molecule has 0 spiro atoms. The van der Waals surface area contributed by atoms with E-state index in [1.165, 1.54) is 0 Å². The first-order chi connectivity index (χ1) is 4.75. The zero-order chi connectivity index (χ0) is 7.56. The number of hydrogen-bond acceptors (Lipinski definition) is 2. The van der Waals surface area contributed by atoms with Gasteiger partial charge in [0.15, 0.2) is 0 Å². The largest absolute Gasteiger partial charge is 0.507 e. The van der Waals surface area contributed by atoms with Gasteiger partial charge in [0.25, 0.3) is 0 Å². The Morgan fingerprint density at radius 2 is 2.20 bits per heavy atom. The van der Waals surface area contributed by atoms with E-state index >= 15 is 0 Å². The molecule has 0 amide bonds. The van der Waals surface area contributed by atoms with Crippen LogP contribution in [0.15, 0.2) is 18.2 Å². The number of hydrogen-bond donors (Lipinski definition) is 2. The molecule has 0 heterocycles. The third-order valence-electron chi connectivity index (χ3n) is 1.45. The molecule has 0 fully saturated rings. The van der Waals surface area contributed by atoms with Gasteiger partial charge in [-0.1, -0.05) is 12.1 Å². The lowest BCUT2D eigenvalue weighted by Gasteiger charge is -1.99. The first kappa shape index (κ1) is 6.81. The Morgan fingerprint density at radius 1 is 1.50 bits per heavy atom. The molecule has 0 saturated carbocycles. The summed E-state index contributed by atoms with van der Waals surface area (Å²) in [5, 5.41) is 16.1. The van der Waals surface area contributed by atoms with Crippen LogP contribution in [0.3, 0.4) is 0 Å². The third-order valence-corrected chi connectivity index (χ3v) is 1.45. The molecule has 0 aliphatic heterocycles. The lowest BCUT2D eigenvalue weighted by molar-refractivity contribution is 0.474. The lowest BCUT2D eigenvalue weighted by Crippen LogP contribution is -1.85. The average Bonchev–Trinajstić information content (AvgIpc) is 1.88. The van der Waals surface area contributed by atoms with Crippen LogP contribution in [0.2, 0.25) is 0 Å². The van der Waals surface area contributed by atoms with Crippen molar-refractivity contribution in [1.29, 1.82) is 5.41 Å². The van der Waals surface area contributed by atoms with Crippen LogP contribution in [0.25, 0.3) is 0 Å².